The van der Waals surface area contributed by atoms with Crippen LogP contribution in [0.15, 0.2) is 54.6 Å². The van der Waals surface area contributed by atoms with Crippen LogP contribution < -0.4 is 5.06 Å². The number of hydrogen-bond donors (Lipinski definition) is 1. The van der Waals surface area contributed by atoms with Crippen LogP contribution in [0.25, 0.3) is 11.6 Å². The van der Waals surface area contributed by atoms with Crippen molar-refractivity contribution in [1.82, 2.24) is 0 Å². The van der Waals surface area contributed by atoms with Crippen LogP contribution in [0.3, 0.4) is 0 Å². The summed E-state index contributed by atoms with van der Waals surface area (Å²) in [5.41, 5.74) is 2.74. The molecule has 88 valence electrons. The third-order valence-corrected chi connectivity index (χ3v) is 2.96. The van der Waals surface area contributed by atoms with Crippen LogP contribution in [0, 0.1) is 0 Å². The van der Waals surface area contributed by atoms with Crippen LogP contribution in [-0.4, -0.2) is 11.1 Å². The molecule has 1 aliphatic heterocycles. The molecule has 18 heavy (non-hydrogen) atoms. The van der Waals surface area contributed by atoms with E-state index in [4.69, 9.17) is 0 Å². The lowest BCUT2D eigenvalue weighted by atomic mass is 10.0. The molecule has 1 heterocycles. The molecule has 1 N–H and O–H groups in total. The number of hydrogen-bond acceptors (Lipinski definition) is 2. The Hall–Kier alpha value is -2.39. The second kappa shape index (κ2) is 4.13. The van der Waals surface area contributed by atoms with E-state index in [1.165, 1.54) is 0 Å². The van der Waals surface area contributed by atoms with Gasteiger partial charge in [0, 0.05) is 5.56 Å². The molecule has 0 saturated heterocycles. The topological polar surface area (TPSA) is 40.5 Å². The highest BCUT2D eigenvalue weighted by Crippen LogP contribution is 2.36. The van der Waals surface area contributed by atoms with Crippen molar-refractivity contribution in [2.75, 3.05) is 5.06 Å². The van der Waals surface area contributed by atoms with Gasteiger partial charge in [0.15, 0.2) is 0 Å². The summed E-state index contributed by atoms with van der Waals surface area (Å²) in [5.74, 6) is -0.389. The van der Waals surface area contributed by atoms with Gasteiger partial charge >= 0.3 is 0 Å². The Balaban J connectivity index is 2.14. The summed E-state index contributed by atoms with van der Waals surface area (Å²) in [7, 11) is 0. The van der Waals surface area contributed by atoms with E-state index in [0.717, 1.165) is 11.1 Å². The third-order valence-electron chi connectivity index (χ3n) is 2.96. The fourth-order valence-electron chi connectivity index (χ4n) is 2.08. The van der Waals surface area contributed by atoms with E-state index in [2.05, 4.69) is 0 Å². The van der Waals surface area contributed by atoms with Gasteiger partial charge < -0.3 is 0 Å². The zero-order chi connectivity index (χ0) is 12.5. The Morgan fingerprint density at radius 3 is 2.39 bits per heavy atom. The minimum absolute atomic E-state index is 0.389. The molecule has 0 unspecified atom stereocenters. The highest BCUT2D eigenvalue weighted by molar-refractivity contribution is 6.34. The number of fused-ring (bicyclic) bond motifs is 1. The standard InChI is InChI=1S/C15H11NO2/c17-15-13(10-11-6-2-1-3-7-11)12-8-4-5-9-14(12)16(15)18/h1-10,18H. The van der Waals surface area contributed by atoms with Gasteiger partial charge in [-0.3, -0.25) is 10.0 Å². The fourth-order valence-corrected chi connectivity index (χ4v) is 2.08. The zero-order valence-electron chi connectivity index (χ0n) is 9.58. The molecule has 0 saturated carbocycles. The number of amides is 1. The van der Waals surface area contributed by atoms with Crippen molar-refractivity contribution in [3.8, 4) is 0 Å². The smallest absolute Gasteiger partial charge is 0.281 e. The number of carbonyl (C=O) groups excluding carboxylic acids is 1. The van der Waals surface area contributed by atoms with E-state index < -0.39 is 0 Å². The molecule has 2 aromatic carbocycles. The van der Waals surface area contributed by atoms with Crippen molar-refractivity contribution < 1.29 is 10.0 Å². The molecule has 0 aliphatic carbocycles. The minimum atomic E-state index is -0.389. The molecule has 0 atom stereocenters. The maximum atomic E-state index is 12.0. The molecule has 0 fully saturated rings. The Bertz CT molecular complexity index is 632. The number of para-hydroxylation sites is 1. The lowest BCUT2D eigenvalue weighted by molar-refractivity contribution is -0.117. The summed E-state index contributed by atoms with van der Waals surface area (Å²) in [4.78, 5) is 12.0. The van der Waals surface area contributed by atoms with Crippen LogP contribution in [0.4, 0.5) is 5.69 Å². The molecule has 1 amide bonds. The van der Waals surface area contributed by atoms with Crippen LogP contribution >= 0.6 is 0 Å². The second-order valence-electron chi connectivity index (χ2n) is 4.10. The Labute approximate surface area is 105 Å². The first kappa shape index (κ1) is 10.7. The highest BCUT2D eigenvalue weighted by Gasteiger charge is 2.30. The van der Waals surface area contributed by atoms with E-state index in [1.54, 1.807) is 18.2 Å². The first-order valence-corrected chi connectivity index (χ1v) is 5.67. The molecular weight excluding hydrogens is 226 g/mol. The molecule has 1 aliphatic rings. The fraction of sp³-hybridized carbons (Fsp3) is 0. The van der Waals surface area contributed by atoms with Crippen LogP contribution in [0.2, 0.25) is 0 Å². The lowest BCUT2D eigenvalue weighted by Gasteiger charge is -2.05. The van der Waals surface area contributed by atoms with Gasteiger partial charge in [0.2, 0.25) is 0 Å². The molecule has 0 spiro atoms. The monoisotopic (exact) mass is 237 g/mol. The summed E-state index contributed by atoms with van der Waals surface area (Å²) in [6.07, 6.45) is 1.79. The summed E-state index contributed by atoms with van der Waals surface area (Å²) >= 11 is 0. The third kappa shape index (κ3) is 1.61. The van der Waals surface area contributed by atoms with Gasteiger partial charge in [0.25, 0.3) is 5.91 Å². The van der Waals surface area contributed by atoms with E-state index >= 15 is 0 Å². The number of hydroxylamine groups is 1. The van der Waals surface area contributed by atoms with Gasteiger partial charge in [-0.15, -0.1) is 0 Å². The Morgan fingerprint density at radius 2 is 1.61 bits per heavy atom. The van der Waals surface area contributed by atoms with Crippen molar-refractivity contribution in [2.45, 2.75) is 0 Å². The van der Waals surface area contributed by atoms with E-state index in [9.17, 15) is 10.0 Å². The van der Waals surface area contributed by atoms with Crippen molar-refractivity contribution in [3.63, 3.8) is 0 Å². The molecule has 3 heteroatoms. The SMILES string of the molecule is O=C1C(=Cc2ccccc2)c2ccccc2N1O. The zero-order valence-corrected chi connectivity index (χ0v) is 9.58. The van der Waals surface area contributed by atoms with Gasteiger partial charge in [-0.25, -0.2) is 0 Å². The second-order valence-corrected chi connectivity index (χ2v) is 4.10. The van der Waals surface area contributed by atoms with E-state index in [-0.39, 0.29) is 5.91 Å². The maximum Gasteiger partial charge on any atom is 0.282 e. The molecule has 3 rings (SSSR count). The van der Waals surface area contributed by atoms with Gasteiger partial charge in [-0.2, -0.15) is 5.06 Å². The number of anilines is 1. The van der Waals surface area contributed by atoms with E-state index in [0.29, 0.717) is 16.3 Å². The number of benzene rings is 2. The summed E-state index contributed by atoms with van der Waals surface area (Å²) in [5, 5.41) is 10.4. The molecule has 3 nitrogen and oxygen atoms in total. The van der Waals surface area contributed by atoms with Crippen molar-refractivity contribution in [1.29, 1.82) is 0 Å². The number of rotatable bonds is 1. The largest absolute Gasteiger partial charge is 0.282 e. The normalized spacial score (nSPS) is 16.2. The van der Waals surface area contributed by atoms with E-state index in [1.807, 2.05) is 42.5 Å². The van der Waals surface area contributed by atoms with Crippen LogP contribution in [0.5, 0.6) is 0 Å². The van der Waals surface area contributed by atoms with Gasteiger partial charge in [0.1, 0.15) is 0 Å². The summed E-state index contributed by atoms with van der Waals surface area (Å²) in [6.45, 7) is 0. The predicted octanol–water partition coefficient (Wildman–Crippen LogP) is 2.96. The first-order valence-electron chi connectivity index (χ1n) is 5.67. The number of carbonyl (C=O) groups is 1. The van der Waals surface area contributed by atoms with Crippen LogP contribution in [-0.2, 0) is 4.79 Å². The molecule has 2 aromatic rings. The Kier molecular flexibility index (Phi) is 2.46. The van der Waals surface area contributed by atoms with Crippen molar-refractivity contribution >= 4 is 23.2 Å². The summed E-state index contributed by atoms with van der Waals surface area (Å²) in [6, 6.07) is 16.8. The molecule has 0 aromatic heterocycles. The van der Waals surface area contributed by atoms with Gasteiger partial charge in [-0.1, -0.05) is 48.5 Å². The first-order chi connectivity index (χ1) is 8.77. The minimum Gasteiger partial charge on any atom is -0.281 e. The van der Waals surface area contributed by atoms with Crippen molar-refractivity contribution in [3.05, 3.63) is 65.7 Å². The molecule has 0 radical (unpaired) electrons. The Morgan fingerprint density at radius 1 is 0.944 bits per heavy atom. The lowest BCUT2D eigenvalue weighted by Crippen LogP contribution is -2.21. The van der Waals surface area contributed by atoms with Gasteiger partial charge in [-0.05, 0) is 17.7 Å². The van der Waals surface area contributed by atoms with Crippen molar-refractivity contribution in [2.24, 2.45) is 0 Å². The predicted molar refractivity (Wildman–Crippen MR) is 70.0 cm³/mol. The average molecular weight is 237 g/mol. The average Bonchev–Trinajstić information content (AvgIpc) is 2.66. The highest BCUT2D eigenvalue weighted by atomic mass is 16.5. The maximum absolute atomic E-state index is 12.0. The summed E-state index contributed by atoms with van der Waals surface area (Å²) < 4.78 is 0. The van der Waals surface area contributed by atoms with Crippen LogP contribution in [0.1, 0.15) is 11.1 Å². The van der Waals surface area contributed by atoms with Gasteiger partial charge in [0.05, 0.1) is 11.3 Å². The molecule has 0 bridgehead atoms. The number of nitrogens with zero attached hydrogens (tertiary/aromatic N) is 1. The quantitative estimate of drug-likeness (QED) is 0.612. The molecular formula is C15H11NO2.